The van der Waals surface area contributed by atoms with Gasteiger partial charge in [-0.25, -0.2) is 0 Å². The van der Waals surface area contributed by atoms with E-state index < -0.39 is 17.9 Å². The third-order valence-corrected chi connectivity index (χ3v) is 4.93. The van der Waals surface area contributed by atoms with Crippen LogP contribution in [0.4, 0.5) is 5.69 Å². The second-order valence-electron chi connectivity index (χ2n) is 7.26. The first-order valence-corrected chi connectivity index (χ1v) is 9.41. The Morgan fingerprint density at radius 3 is 1.73 bits per heavy atom. The summed E-state index contributed by atoms with van der Waals surface area (Å²) in [5.74, 6) is -2.94. The minimum Gasteiger partial charge on any atom is -0.480 e. The Labute approximate surface area is 217 Å². The largest absolute Gasteiger partial charge is 0.480 e. The average molecular weight is 554 g/mol. The second-order valence-corrected chi connectivity index (χ2v) is 7.26. The molecular weight excluding hydrogens is 522 g/mol. The second kappa shape index (κ2) is 17.9. The number of carbonyl (C=O) groups is 3. The molecular formula is C19H32Cl4N4O6. The highest BCUT2D eigenvalue weighted by Gasteiger charge is 2.27. The average Bonchev–Trinajstić information content (AvgIpc) is 2.68. The van der Waals surface area contributed by atoms with E-state index in [4.69, 9.17) is 10.8 Å². The van der Waals surface area contributed by atoms with E-state index >= 15 is 0 Å². The van der Waals surface area contributed by atoms with Crippen molar-refractivity contribution in [1.29, 1.82) is 0 Å². The summed E-state index contributed by atoms with van der Waals surface area (Å²) in [6.07, 6.45) is 0.530. The normalized spacial score (nSPS) is 17.4. The number of carboxylic acids is 3. The first-order chi connectivity index (χ1) is 13.7. The van der Waals surface area contributed by atoms with Crippen LogP contribution in [0.1, 0.15) is 5.56 Å². The first-order valence-electron chi connectivity index (χ1n) is 9.41. The van der Waals surface area contributed by atoms with Crippen LogP contribution in [0.5, 0.6) is 0 Å². The van der Waals surface area contributed by atoms with Crippen molar-refractivity contribution < 1.29 is 29.7 Å². The molecule has 14 heteroatoms. The highest BCUT2D eigenvalue weighted by molar-refractivity contribution is 5.86. The molecule has 1 aliphatic heterocycles. The fourth-order valence-corrected chi connectivity index (χ4v) is 3.54. The molecule has 0 amide bonds. The van der Waals surface area contributed by atoms with Crippen molar-refractivity contribution in [2.75, 3.05) is 58.1 Å². The van der Waals surface area contributed by atoms with E-state index in [1.54, 1.807) is 26.8 Å². The standard InChI is InChI=1S/C19H28N4O6.4ClH/c20-15-3-1-14(2-4-15)9-16-10-22(12-18(26)27)6-5-21(11-17(24)25)7-8-23(16)13-19(28)29;;;;/h1-4,16H,5-13,20H2,(H,24,25)(H,26,27)(H,28,29);4*1H/t16-;;;;/m0..../s1. The zero-order valence-electron chi connectivity index (χ0n) is 17.9. The molecule has 0 aliphatic carbocycles. The summed E-state index contributed by atoms with van der Waals surface area (Å²) >= 11 is 0. The molecule has 5 N–H and O–H groups in total. The number of aliphatic carboxylic acids is 3. The van der Waals surface area contributed by atoms with Gasteiger partial charge in [0.2, 0.25) is 0 Å². The fourth-order valence-electron chi connectivity index (χ4n) is 3.54. The summed E-state index contributed by atoms with van der Waals surface area (Å²) in [6.45, 7) is 1.34. The molecule has 1 aliphatic rings. The van der Waals surface area contributed by atoms with Crippen LogP contribution in [0.25, 0.3) is 0 Å². The van der Waals surface area contributed by atoms with Gasteiger partial charge in [0.25, 0.3) is 0 Å². The lowest BCUT2D eigenvalue weighted by atomic mass is 10.0. The molecule has 1 heterocycles. The highest BCUT2D eigenvalue weighted by atomic mass is 35.5. The van der Waals surface area contributed by atoms with Crippen LogP contribution in [0.2, 0.25) is 0 Å². The molecule has 1 aromatic rings. The maximum absolute atomic E-state index is 11.4. The van der Waals surface area contributed by atoms with Gasteiger partial charge in [-0.15, -0.1) is 49.6 Å². The van der Waals surface area contributed by atoms with Gasteiger partial charge in [0.15, 0.2) is 0 Å². The predicted octanol–water partition coefficient (Wildman–Crippen LogP) is 1.04. The van der Waals surface area contributed by atoms with E-state index in [-0.39, 0.29) is 75.3 Å². The molecule has 0 saturated carbocycles. The minimum absolute atomic E-state index is 0. The van der Waals surface area contributed by atoms with E-state index in [2.05, 4.69) is 0 Å². The molecule has 0 bridgehead atoms. The molecule has 0 radical (unpaired) electrons. The number of carboxylic acid groups (broad SMARTS) is 3. The van der Waals surface area contributed by atoms with Crippen LogP contribution in [0.3, 0.4) is 0 Å². The van der Waals surface area contributed by atoms with Gasteiger partial charge in [-0.3, -0.25) is 29.1 Å². The van der Waals surface area contributed by atoms with Crippen molar-refractivity contribution in [2.24, 2.45) is 0 Å². The van der Waals surface area contributed by atoms with Gasteiger partial charge in [0.05, 0.1) is 19.6 Å². The van der Waals surface area contributed by atoms with E-state index in [9.17, 15) is 24.6 Å². The van der Waals surface area contributed by atoms with Crippen molar-refractivity contribution in [3.63, 3.8) is 0 Å². The smallest absolute Gasteiger partial charge is 0.317 e. The number of halogens is 4. The van der Waals surface area contributed by atoms with Gasteiger partial charge in [0, 0.05) is 44.5 Å². The predicted molar refractivity (Wildman–Crippen MR) is 135 cm³/mol. The summed E-state index contributed by atoms with van der Waals surface area (Å²) < 4.78 is 0. The molecule has 1 saturated heterocycles. The molecule has 0 unspecified atom stereocenters. The SMILES string of the molecule is Cl.Cl.Cl.Cl.Nc1ccc(C[C@H]2CN(CC(=O)O)CCN(CC(=O)O)CCN2CC(=O)O)cc1. The van der Waals surface area contributed by atoms with E-state index in [1.807, 2.05) is 12.1 Å². The Morgan fingerprint density at radius 1 is 0.758 bits per heavy atom. The Balaban J connectivity index is -0.00000225. The number of rotatable bonds is 8. The van der Waals surface area contributed by atoms with Gasteiger partial charge in [-0.1, -0.05) is 12.1 Å². The fraction of sp³-hybridized carbons (Fsp3) is 0.526. The quantitative estimate of drug-likeness (QED) is 0.344. The summed E-state index contributed by atoms with van der Waals surface area (Å²) in [4.78, 5) is 39.1. The van der Waals surface area contributed by atoms with Crippen LogP contribution < -0.4 is 5.73 Å². The maximum Gasteiger partial charge on any atom is 0.317 e. The highest BCUT2D eigenvalue weighted by Crippen LogP contribution is 2.15. The Hall–Kier alpha value is -1.53. The Morgan fingerprint density at radius 2 is 1.21 bits per heavy atom. The Bertz CT molecular complexity index is 729. The Kier molecular flexibility index (Phi) is 19.5. The number of benzene rings is 1. The molecule has 33 heavy (non-hydrogen) atoms. The summed E-state index contributed by atoms with van der Waals surface area (Å²) in [5.41, 5.74) is 7.33. The van der Waals surface area contributed by atoms with Gasteiger partial charge < -0.3 is 21.1 Å². The molecule has 1 aromatic carbocycles. The number of nitrogen functional groups attached to an aromatic ring is 1. The summed E-state index contributed by atoms with van der Waals surface area (Å²) in [6, 6.07) is 7.06. The molecule has 1 fully saturated rings. The minimum atomic E-state index is -0.985. The molecule has 10 nitrogen and oxygen atoms in total. The van der Waals surface area contributed by atoms with Crippen molar-refractivity contribution in [1.82, 2.24) is 14.7 Å². The number of nitrogens with two attached hydrogens (primary N) is 1. The van der Waals surface area contributed by atoms with Crippen LogP contribution in [-0.4, -0.2) is 106 Å². The van der Waals surface area contributed by atoms with E-state index in [1.165, 1.54) is 0 Å². The summed E-state index contributed by atoms with van der Waals surface area (Å²) in [7, 11) is 0. The van der Waals surface area contributed by atoms with E-state index in [0.717, 1.165) is 5.56 Å². The summed E-state index contributed by atoms with van der Waals surface area (Å²) in [5, 5.41) is 27.7. The number of nitrogens with zero attached hydrogens (tertiary/aromatic N) is 3. The molecule has 1 atom stereocenters. The van der Waals surface area contributed by atoms with Crippen molar-refractivity contribution in [2.45, 2.75) is 12.5 Å². The molecule has 0 aromatic heterocycles. The van der Waals surface area contributed by atoms with Gasteiger partial charge in [-0.05, 0) is 24.1 Å². The topological polar surface area (TPSA) is 148 Å². The lowest BCUT2D eigenvalue weighted by molar-refractivity contribution is -0.140. The van der Waals surface area contributed by atoms with Crippen LogP contribution in [0.15, 0.2) is 24.3 Å². The van der Waals surface area contributed by atoms with Gasteiger partial charge >= 0.3 is 17.9 Å². The molecule has 192 valence electrons. The van der Waals surface area contributed by atoms with Crippen molar-refractivity contribution in [3.05, 3.63) is 29.8 Å². The third kappa shape index (κ3) is 13.7. The zero-order valence-corrected chi connectivity index (χ0v) is 21.1. The maximum atomic E-state index is 11.4. The van der Waals surface area contributed by atoms with E-state index in [0.29, 0.717) is 44.8 Å². The molecule has 0 spiro atoms. The van der Waals surface area contributed by atoms with Crippen molar-refractivity contribution in [3.8, 4) is 0 Å². The molecule has 2 rings (SSSR count). The lowest BCUT2D eigenvalue weighted by Gasteiger charge is -2.33. The van der Waals surface area contributed by atoms with Gasteiger partial charge in [-0.2, -0.15) is 0 Å². The van der Waals surface area contributed by atoms with Gasteiger partial charge in [0.1, 0.15) is 0 Å². The third-order valence-electron chi connectivity index (χ3n) is 4.93. The number of hydrogen-bond donors (Lipinski definition) is 4. The number of anilines is 1. The zero-order chi connectivity index (χ0) is 21.4. The first kappa shape index (κ1) is 36.0. The van der Waals surface area contributed by atoms with Crippen LogP contribution >= 0.6 is 49.6 Å². The van der Waals surface area contributed by atoms with Crippen molar-refractivity contribution >= 4 is 73.2 Å². The van der Waals surface area contributed by atoms with Crippen LogP contribution in [0, 0.1) is 0 Å². The van der Waals surface area contributed by atoms with Crippen LogP contribution in [-0.2, 0) is 20.8 Å². The monoisotopic (exact) mass is 552 g/mol. The number of hydrogen-bond acceptors (Lipinski definition) is 7. The lowest BCUT2D eigenvalue weighted by Crippen LogP contribution is -2.49.